The molecule has 0 radical (unpaired) electrons. The summed E-state index contributed by atoms with van der Waals surface area (Å²) in [7, 11) is 0. The highest BCUT2D eigenvalue weighted by Gasteiger charge is 2.11. The Labute approximate surface area is 168 Å². The van der Waals surface area contributed by atoms with Crippen LogP contribution >= 0.6 is 0 Å². The Bertz CT molecular complexity index is 909. The maximum Gasteiger partial charge on any atom is 0.216 e. The molecule has 29 heavy (non-hydrogen) atoms. The largest absolute Gasteiger partial charge is 0.489 e. The predicted octanol–water partition coefficient (Wildman–Crippen LogP) is 3.12. The van der Waals surface area contributed by atoms with E-state index in [1.807, 2.05) is 13.8 Å². The van der Waals surface area contributed by atoms with E-state index in [0.717, 1.165) is 6.42 Å². The van der Waals surface area contributed by atoms with Crippen LogP contribution in [0.3, 0.4) is 0 Å². The van der Waals surface area contributed by atoms with E-state index in [1.54, 1.807) is 30.5 Å². The third-order valence-electron chi connectivity index (χ3n) is 4.06. The number of benzene rings is 1. The number of halogens is 1. The monoisotopic (exact) mass is 400 g/mol. The number of rotatable bonds is 9. The van der Waals surface area contributed by atoms with Crippen molar-refractivity contribution in [3.8, 4) is 17.3 Å². The topological polar surface area (TPSA) is 100 Å². The number of aromatic amines is 1. The second kappa shape index (κ2) is 10.3. The van der Waals surface area contributed by atoms with E-state index in [-0.39, 0.29) is 11.9 Å². The number of furan rings is 1. The Morgan fingerprint density at radius 2 is 2.17 bits per heavy atom. The SMILES string of the molecule is CCNC(=NCc1nc(-c2ccco2)n[nH]1)NCC(CC)Oc1cccc(F)c1. The lowest BCUT2D eigenvalue weighted by Crippen LogP contribution is -2.42. The molecule has 0 saturated heterocycles. The summed E-state index contributed by atoms with van der Waals surface area (Å²) in [6.07, 6.45) is 2.21. The lowest BCUT2D eigenvalue weighted by atomic mass is 10.2. The van der Waals surface area contributed by atoms with Crippen molar-refractivity contribution in [2.24, 2.45) is 4.99 Å². The molecule has 154 valence electrons. The first-order chi connectivity index (χ1) is 14.2. The second-order valence-electron chi connectivity index (χ2n) is 6.26. The summed E-state index contributed by atoms with van der Waals surface area (Å²) in [6.45, 7) is 5.56. The van der Waals surface area contributed by atoms with Gasteiger partial charge in [0.05, 0.1) is 12.8 Å². The van der Waals surface area contributed by atoms with E-state index in [0.29, 0.717) is 48.8 Å². The zero-order valence-corrected chi connectivity index (χ0v) is 16.5. The molecule has 3 N–H and O–H groups in total. The van der Waals surface area contributed by atoms with E-state index in [4.69, 9.17) is 9.15 Å². The molecule has 0 spiro atoms. The second-order valence-corrected chi connectivity index (χ2v) is 6.26. The van der Waals surface area contributed by atoms with E-state index in [1.165, 1.54) is 12.1 Å². The molecule has 0 saturated carbocycles. The summed E-state index contributed by atoms with van der Waals surface area (Å²) in [5.74, 6) is 2.53. The number of aliphatic imine (C=N–C) groups is 1. The summed E-state index contributed by atoms with van der Waals surface area (Å²) >= 11 is 0. The van der Waals surface area contributed by atoms with Crippen LogP contribution in [0.4, 0.5) is 4.39 Å². The van der Waals surface area contributed by atoms with Gasteiger partial charge in [0.2, 0.25) is 5.82 Å². The first kappa shape index (κ1) is 20.4. The number of hydrogen-bond acceptors (Lipinski definition) is 5. The Morgan fingerprint density at radius 1 is 1.28 bits per heavy atom. The number of guanidine groups is 1. The average molecular weight is 400 g/mol. The van der Waals surface area contributed by atoms with Crippen LogP contribution < -0.4 is 15.4 Å². The molecule has 0 aliphatic carbocycles. The number of H-pyrrole nitrogens is 1. The molecule has 3 aromatic rings. The fourth-order valence-corrected chi connectivity index (χ4v) is 2.59. The predicted molar refractivity (Wildman–Crippen MR) is 108 cm³/mol. The lowest BCUT2D eigenvalue weighted by molar-refractivity contribution is 0.198. The van der Waals surface area contributed by atoms with Gasteiger partial charge in [-0.05, 0) is 37.6 Å². The molecular weight excluding hydrogens is 375 g/mol. The maximum atomic E-state index is 13.3. The van der Waals surface area contributed by atoms with Crippen LogP contribution in [0.1, 0.15) is 26.1 Å². The van der Waals surface area contributed by atoms with E-state index >= 15 is 0 Å². The van der Waals surface area contributed by atoms with Gasteiger partial charge in [-0.1, -0.05) is 13.0 Å². The molecule has 1 aromatic carbocycles. The van der Waals surface area contributed by atoms with Gasteiger partial charge >= 0.3 is 0 Å². The van der Waals surface area contributed by atoms with Gasteiger partial charge in [0.15, 0.2) is 11.7 Å². The van der Waals surface area contributed by atoms with E-state index < -0.39 is 0 Å². The van der Waals surface area contributed by atoms with Crippen LogP contribution in [0.25, 0.3) is 11.6 Å². The Hall–Kier alpha value is -3.36. The quantitative estimate of drug-likeness (QED) is 0.377. The number of nitrogens with zero attached hydrogens (tertiary/aromatic N) is 3. The van der Waals surface area contributed by atoms with Gasteiger partial charge in [-0.3, -0.25) is 5.10 Å². The number of aromatic nitrogens is 3. The van der Waals surface area contributed by atoms with Crippen molar-refractivity contribution in [1.82, 2.24) is 25.8 Å². The van der Waals surface area contributed by atoms with Crippen LogP contribution in [-0.2, 0) is 6.54 Å². The fraction of sp³-hybridized carbons (Fsp3) is 0.350. The summed E-state index contributed by atoms with van der Waals surface area (Å²) in [5.41, 5.74) is 0. The minimum atomic E-state index is -0.318. The Balaban J connectivity index is 1.57. The van der Waals surface area contributed by atoms with E-state index in [2.05, 4.69) is 30.8 Å². The molecule has 0 aliphatic heterocycles. The summed E-state index contributed by atoms with van der Waals surface area (Å²) in [5, 5.41) is 13.4. The van der Waals surface area contributed by atoms with Crippen LogP contribution in [0.2, 0.25) is 0 Å². The van der Waals surface area contributed by atoms with Crippen molar-refractivity contribution in [3.05, 3.63) is 54.3 Å². The van der Waals surface area contributed by atoms with Crippen LogP contribution in [0.15, 0.2) is 52.1 Å². The van der Waals surface area contributed by atoms with Gasteiger partial charge < -0.3 is 19.8 Å². The van der Waals surface area contributed by atoms with Crippen LogP contribution in [0.5, 0.6) is 5.75 Å². The first-order valence-electron chi connectivity index (χ1n) is 9.57. The standard InChI is InChI=1S/C20H25FN6O2/c1-3-15(29-16-8-5-7-14(21)11-16)12-23-20(22-4-2)24-13-18-25-19(27-26-18)17-9-6-10-28-17/h5-11,15H,3-4,12-13H2,1-2H3,(H2,22,23,24)(H,25,26,27). The summed E-state index contributed by atoms with van der Waals surface area (Å²) in [6, 6.07) is 9.72. The Morgan fingerprint density at radius 3 is 2.90 bits per heavy atom. The zero-order chi connectivity index (χ0) is 20.5. The number of nitrogens with one attached hydrogen (secondary N) is 3. The smallest absolute Gasteiger partial charge is 0.216 e. The molecule has 2 heterocycles. The zero-order valence-electron chi connectivity index (χ0n) is 16.5. The van der Waals surface area contributed by atoms with Gasteiger partial charge in [0, 0.05) is 12.6 Å². The highest BCUT2D eigenvalue weighted by Crippen LogP contribution is 2.15. The molecular formula is C20H25FN6O2. The van der Waals surface area contributed by atoms with Gasteiger partial charge in [0.25, 0.3) is 0 Å². The van der Waals surface area contributed by atoms with Crippen molar-refractivity contribution in [3.63, 3.8) is 0 Å². The van der Waals surface area contributed by atoms with Gasteiger partial charge in [-0.15, -0.1) is 5.10 Å². The fourth-order valence-electron chi connectivity index (χ4n) is 2.59. The van der Waals surface area contributed by atoms with Gasteiger partial charge in [0.1, 0.15) is 30.0 Å². The third kappa shape index (κ3) is 6.06. The van der Waals surface area contributed by atoms with Crippen LogP contribution in [-0.4, -0.2) is 40.3 Å². The van der Waals surface area contributed by atoms with Crippen molar-refractivity contribution in [2.75, 3.05) is 13.1 Å². The van der Waals surface area contributed by atoms with Crippen LogP contribution in [0, 0.1) is 5.82 Å². The molecule has 3 rings (SSSR count). The maximum absolute atomic E-state index is 13.3. The van der Waals surface area contributed by atoms with Gasteiger partial charge in [-0.25, -0.2) is 14.4 Å². The average Bonchev–Trinajstić information content (AvgIpc) is 3.40. The minimum absolute atomic E-state index is 0.128. The molecule has 0 amide bonds. The molecule has 8 nitrogen and oxygen atoms in total. The number of ether oxygens (including phenoxy) is 1. The molecule has 0 fully saturated rings. The van der Waals surface area contributed by atoms with Gasteiger partial charge in [-0.2, -0.15) is 0 Å². The van der Waals surface area contributed by atoms with Crippen molar-refractivity contribution < 1.29 is 13.5 Å². The molecule has 2 aromatic heterocycles. The third-order valence-corrected chi connectivity index (χ3v) is 4.06. The highest BCUT2D eigenvalue weighted by molar-refractivity contribution is 5.79. The van der Waals surface area contributed by atoms with E-state index in [9.17, 15) is 4.39 Å². The molecule has 0 aliphatic rings. The number of hydrogen-bond donors (Lipinski definition) is 3. The van der Waals surface area contributed by atoms with Crippen molar-refractivity contribution >= 4 is 5.96 Å². The normalized spacial score (nSPS) is 12.6. The van der Waals surface area contributed by atoms with Crippen molar-refractivity contribution in [1.29, 1.82) is 0 Å². The summed E-state index contributed by atoms with van der Waals surface area (Å²) < 4.78 is 24.5. The van der Waals surface area contributed by atoms with Crippen molar-refractivity contribution in [2.45, 2.75) is 32.9 Å². The first-order valence-corrected chi connectivity index (χ1v) is 9.57. The summed E-state index contributed by atoms with van der Waals surface area (Å²) in [4.78, 5) is 8.90. The minimum Gasteiger partial charge on any atom is -0.489 e. The molecule has 9 heteroatoms. The highest BCUT2D eigenvalue weighted by atomic mass is 19.1. The Kier molecular flexibility index (Phi) is 7.21. The molecule has 1 unspecified atom stereocenters. The lowest BCUT2D eigenvalue weighted by Gasteiger charge is -2.20. The molecule has 0 bridgehead atoms. The molecule has 1 atom stereocenters.